The van der Waals surface area contributed by atoms with Gasteiger partial charge >= 0.3 is 0 Å². The number of Topliss-reactive ketones (excluding diaryl/α,β-unsaturated/α-hetero) is 2. The number of hydrogen-bond donors (Lipinski definition) is 5. The van der Waals surface area contributed by atoms with Crippen LogP contribution in [0.25, 0.3) is 0 Å². The predicted octanol–water partition coefficient (Wildman–Crippen LogP) is 0.990. The Labute approximate surface area is 198 Å². The van der Waals surface area contributed by atoms with Crippen LogP contribution in [0.1, 0.15) is 21.8 Å². The molecule has 5 N–H and O–H groups in total. The van der Waals surface area contributed by atoms with Crippen molar-refractivity contribution in [1.29, 1.82) is 0 Å². The number of rotatable bonds is 3. The summed E-state index contributed by atoms with van der Waals surface area (Å²) >= 11 is 0. The molecule has 182 valence electrons. The second-order valence-corrected chi connectivity index (χ2v) is 9.35. The predicted molar refractivity (Wildman–Crippen MR) is 116 cm³/mol. The number of phenols is 3. The first-order chi connectivity index (χ1) is 16.7. The van der Waals surface area contributed by atoms with Crippen LogP contribution in [0.5, 0.6) is 28.7 Å². The third-order valence-electron chi connectivity index (χ3n) is 7.62. The molecule has 2 aromatic carbocycles. The summed E-state index contributed by atoms with van der Waals surface area (Å²) in [4.78, 5) is 26.2. The SMILES string of the molecule is COc1cc([C@@H]2[C@H]3CO[C@@]4(O)C(=O)[C@@H]2C=C([C@H]2Oc5cc(O)cc(O)c5C(=O)[C@H]2O)[C@@H]34)ccc1O. The molecular formula is C25H22O10. The Bertz CT molecular complexity index is 1320. The fourth-order valence-corrected chi connectivity index (χ4v) is 6.16. The van der Waals surface area contributed by atoms with Crippen LogP contribution in [-0.4, -0.2) is 68.8 Å². The smallest absolute Gasteiger partial charge is 0.234 e. The maximum absolute atomic E-state index is 13.3. The van der Waals surface area contributed by atoms with Crippen molar-refractivity contribution >= 4 is 11.6 Å². The zero-order valence-corrected chi connectivity index (χ0v) is 18.4. The number of hydrogen-bond acceptors (Lipinski definition) is 10. The Morgan fingerprint density at radius 2 is 1.86 bits per heavy atom. The second-order valence-electron chi connectivity index (χ2n) is 9.35. The van der Waals surface area contributed by atoms with Crippen molar-refractivity contribution in [1.82, 2.24) is 0 Å². The molecule has 2 fully saturated rings. The number of phenolic OH excluding ortho intramolecular Hbond substituents is 3. The summed E-state index contributed by atoms with van der Waals surface area (Å²) in [7, 11) is 1.42. The van der Waals surface area contributed by atoms with Crippen LogP contribution in [0.2, 0.25) is 0 Å². The largest absolute Gasteiger partial charge is 0.508 e. The van der Waals surface area contributed by atoms with E-state index in [9.17, 15) is 35.1 Å². The van der Waals surface area contributed by atoms with Crippen LogP contribution in [0.15, 0.2) is 42.0 Å². The molecule has 5 aliphatic rings. The molecule has 1 saturated carbocycles. The van der Waals surface area contributed by atoms with Crippen molar-refractivity contribution in [3.63, 3.8) is 0 Å². The van der Waals surface area contributed by atoms with E-state index in [0.717, 1.165) is 12.1 Å². The average Bonchev–Trinajstić information content (AvgIpc) is 3.14. The van der Waals surface area contributed by atoms with E-state index in [1.54, 1.807) is 18.2 Å². The van der Waals surface area contributed by atoms with Gasteiger partial charge in [-0.25, -0.2) is 0 Å². The molecule has 4 bridgehead atoms. The first-order valence-corrected chi connectivity index (χ1v) is 11.1. The zero-order valence-electron chi connectivity index (χ0n) is 18.4. The Morgan fingerprint density at radius 3 is 2.60 bits per heavy atom. The molecular weight excluding hydrogens is 460 g/mol. The molecule has 35 heavy (non-hydrogen) atoms. The number of allylic oxidation sites excluding steroid dienone is 1. The summed E-state index contributed by atoms with van der Waals surface area (Å²) in [6.45, 7) is 0.0452. The number of aliphatic hydroxyl groups excluding tert-OH is 1. The van der Waals surface area contributed by atoms with Gasteiger partial charge in [-0.1, -0.05) is 12.1 Å². The molecule has 0 radical (unpaired) electrons. The molecule has 1 saturated heterocycles. The van der Waals surface area contributed by atoms with Gasteiger partial charge in [-0.15, -0.1) is 0 Å². The minimum atomic E-state index is -2.13. The lowest BCUT2D eigenvalue weighted by atomic mass is 9.55. The van der Waals surface area contributed by atoms with Crippen molar-refractivity contribution in [2.45, 2.75) is 23.9 Å². The summed E-state index contributed by atoms with van der Waals surface area (Å²) in [5.74, 6) is -6.84. The third-order valence-corrected chi connectivity index (χ3v) is 7.62. The molecule has 0 unspecified atom stereocenters. The lowest BCUT2D eigenvalue weighted by Crippen LogP contribution is -2.60. The highest BCUT2D eigenvalue weighted by Gasteiger charge is 2.69. The maximum atomic E-state index is 13.3. The summed E-state index contributed by atoms with van der Waals surface area (Å²) in [5.41, 5.74) is 0.796. The van der Waals surface area contributed by atoms with E-state index < -0.39 is 59.0 Å². The number of fused-ring (bicyclic) bond motifs is 1. The number of aromatic hydroxyl groups is 3. The number of carbonyl (C=O) groups excluding carboxylic acids is 2. The fraction of sp³-hybridized carbons (Fsp3) is 0.360. The molecule has 0 aromatic heterocycles. The number of aliphatic hydroxyl groups is 2. The first kappa shape index (κ1) is 21.9. The highest BCUT2D eigenvalue weighted by atomic mass is 16.6. The van der Waals surface area contributed by atoms with Gasteiger partial charge in [0.15, 0.2) is 29.5 Å². The average molecular weight is 482 g/mol. The highest BCUT2D eigenvalue weighted by Crippen LogP contribution is 2.61. The van der Waals surface area contributed by atoms with Gasteiger partial charge in [-0.2, -0.15) is 0 Å². The van der Waals surface area contributed by atoms with Crippen LogP contribution in [0.4, 0.5) is 0 Å². The van der Waals surface area contributed by atoms with Crippen molar-refractivity contribution in [2.24, 2.45) is 17.8 Å². The van der Waals surface area contributed by atoms with E-state index in [0.29, 0.717) is 11.1 Å². The Balaban J connectivity index is 1.46. The van der Waals surface area contributed by atoms with Crippen molar-refractivity contribution in [3.05, 3.63) is 53.1 Å². The molecule has 3 aliphatic carbocycles. The van der Waals surface area contributed by atoms with E-state index in [-0.39, 0.29) is 35.2 Å². The Kier molecular flexibility index (Phi) is 4.51. The van der Waals surface area contributed by atoms with E-state index in [4.69, 9.17) is 14.2 Å². The minimum Gasteiger partial charge on any atom is -0.508 e. The normalized spacial score (nSPS) is 34.9. The van der Waals surface area contributed by atoms with Gasteiger partial charge in [0.05, 0.1) is 19.6 Å². The fourth-order valence-electron chi connectivity index (χ4n) is 6.16. The topological polar surface area (TPSA) is 163 Å². The zero-order chi connectivity index (χ0) is 24.8. The van der Waals surface area contributed by atoms with Gasteiger partial charge in [-0.05, 0) is 23.3 Å². The highest BCUT2D eigenvalue weighted by molar-refractivity contribution is 6.06. The van der Waals surface area contributed by atoms with E-state index in [1.165, 1.54) is 13.2 Å². The molecule has 10 heteroatoms. The van der Waals surface area contributed by atoms with Gasteiger partial charge in [0, 0.05) is 29.9 Å². The lowest BCUT2D eigenvalue weighted by molar-refractivity contribution is -0.206. The second kappa shape index (κ2) is 7.20. The number of ether oxygens (including phenoxy) is 3. The van der Waals surface area contributed by atoms with Gasteiger partial charge < -0.3 is 39.7 Å². The van der Waals surface area contributed by atoms with Gasteiger partial charge in [-0.3, -0.25) is 9.59 Å². The third kappa shape index (κ3) is 2.81. The first-order valence-electron chi connectivity index (χ1n) is 11.1. The number of benzene rings is 2. The van der Waals surface area contributed by atoms with E-state index in [1.807, 2.05) is 0 Å². The Morgan fingerprint density at radius 1 is 1.09 bits per heavy atom. The summed E-state index contributed by atoms with van der Waals surface area (Å²) < 4.78 is 16.7. The van der Waals surface area contributed by atoms with Gasteiger partial charge in [0.2, 0.25) is 11.6 Å². The van der Waals surface area contributed by atoms with Crippen molar-refractivity contribution < 1.29 is 49.3 Å². The van der Waals surface area contributed by atoms with Crippen LogP contribution in [-0.2, 0) is 9.53 Å². The van der Waals surface area contributed by atoms with Crippen LogP contribution in [0.3, 0.4) is 0 Å². The Hall–Kier alpha value is -3.60. The van der Waals surface area contributed by atoms with Crippen LogP contribution in [0, 0.1) is 17.8 Å². The summed E-state index contributed by atoms with van der Waals surface area (Å²) in [6.07, 6.45) is -1.37. The van der Waals surface area contributed by atoms with Crippen molar-refractivity contribution in [2.75, 3.05) is 13.7 Å². The maximum Gasteiger partial charge on any atom is 0.234 e. The lowest BCUT2D eigenvalue weighted by Gasteiger charge is -2.50. The number of methoxy groups -OCH3 is 1. The number of carbonyl (C=O) groups is 2. The van der Waals surface area contributed by atoms with Gasteiger partial charge in [0.1, 0.15) is 22.8 Å². The van der Waals surface area contributed by atoms with E-state index in [2.05, 4.69) is 0 Å². The molecule has 0 spiro atoms. The molecule has 7 atom stereocenters. The van der Waals surface area contributed by atoms with Crippen molar-refractivity contribution in [3.8, 4) is 28.7 Å². The quantitative estimate of drug-likeness (QED) is 0.399. The monoisotopic (exact) mass is 482 g/mol. The summed E-state index contributed by atoms with van der Waals surface area (Å²) in [5, 5.41) is 52.0. The van der Waals surface area contributed by atoms with Crippen LogP contribution < -0.4 is 9.47 Å². The molecule has 2 aromatic rings. The number of ketones is 2. The molecule has 7 rings (SSSR count). The minimum absolute atomic E-state index is 0.0452. The molecule has 0 amide bonds. The molecule has 2 aliphatic heterocycles. The molecule has 10 nitrogen and oxygen atoms in total. The molecule has 2 heterocycles. The standard InChI is InChI=1S/C25H22O10/c1-33-16-4-9(2-3-14(16)27)18-11-7-12(20-13(18)8-34-25(20,32)24(11)31)23-22(30)21(29)19-15(28)5-10(26)6-17(19)35-23/h2-7,11,13,18,20,22-23,26-28,30,32H,8H2,1H3/t11-,13-,18+,20+,22-,23-,25-/m1/s1. The van der Waals surface area contributed by atoms with Crippen LogP contribution >= 0.6 is 0 Å². The van der Waals surface area contributed by atoms with Gasteiger partial charge in [0.25, 0.3) is 0 Å². The summed E-state index contributed by atoms with van der Waals surface area (Å²) in [6, 6.07) is 6.91. The van der Waals surface area contributed by atoms with E-state index >= 15 is 0 Å².